The standard InChI is InChI=1S/C20H16ClN3O2/c21-17-8-6-15(7-9-17)19(25)23-12-14-3-1-5-18(11-14)24-20(26)16-4-2-10-22-13-16/h1-11,13H,12H2,(H,23,25)(H,24,26). The monoisotopic (exact) mass is 365 g/mol. The van der Waals surface area contributed by atoms with E-state index >= 15 is 0 Å². The van der Waals surface area contributed by atoms with Gasteiger partial charge in [0.15, 0.2) is 0 Å². The van der Waals surface area contributed by atoms with Crippen LogP contribution in [0.25, 0.3) is 0 Å². The Labute approximate surface area is 156 Å². The first kappa shape index (κ1) is 17.6. The van der Waals surface area contributed by atoms with E-state index in [0.29, 0.717) is 28.4 Å². The lowest BCUT2D eigenvalue weighted by Gasteiger charge is -2.09. The molecule has 130 valence electrons. The maximum atomic E-state index is 12.2. The molecule has 0 radical (unpaired) electrons. The number of carbonyl (C=O) groups excluding carboxylic acids is 2. The zero-order valence-corrected chi connectivity index (χ0v) is 14.5. The van der Waals surface area contributed by atoms with E-state index in [1.165, 1.54) is 6.20 Å². The molecule has 2 amide bonds. The molecule has 0 saturated carbocycles. The number of amides is 2. The molecule has 2 aromatic carbocycles. The number of nitrogens with one attached hydrogen (secondary N) is 2. The highest BCUT2D eigenvalue weighted by molar-refractivity contribution is 6.30. The molecule has 0 saturated heterocycles. The van der Waals surface area contributed by atoms with Gasteiger partial charge in [0.25, 0.3) is 11.8 Å². The molecule has 0 bridgehead atoms. The molecule has 5 nitrogen and oxygen atoms in total. The first-order valence-electron chi connectivity index (χ1n) is 7.96. The first-order valence-corrected chi connectivity index (χ1v) is 8.34. The second-order valence-electron chi connectivity index (χ2n) is 5.59. The van der Waals surface area contributed by atoms with Gasteiger partial charge in [-0.3, -0.25) is 14.6 Å². The van der Waals surface area contributed by atoms with Gasteiger partial charge in [0.2, 0.25) is 0 Å². The van der Waals surface area contributed by atoms with Crippen molar-refractivity contribution in [3.63, 3.8) is 0 Å². The van der Waals surface area contributed by atoms with Crippen molar-refractivity contribution in [3.05, 3.63) is 94.8 Å². The molecule has 0 spiro atoms. The van der Waals surface area contributed by atoms with Crippen LogP contribution in [-0.4, -0.2) is 16.8 Å². The fraction of sp³-hybridized carbons (Fsp3) is 0.0500. The predicted molar refractivity (Wildman–Crippen MR) is 101 cm³/mol. The number of rotatable bonds is 5. The Morgan fingerprint density at radius 1 is 0.923 bits per heavy atom. The first-order chi connectivity index (χ1) is 12.6. The van der Waals surface area contributed by atoms with Crippen LogP contribution in [0.15, 0.2) is 73.1 Å². The van der Waals surface area contributed by atoms with Gasteiger partial charge in [-0.25, -0.2) is 0 Å². The molecule has 0 atom stereocenters. The van der Waals surface area contributed by atoms with Crippen molar-refractivity contribution in [2.24, 2.45) is 0 Å². The third-order valence-corrected chi connectivity index (χ3v) is 3.92. The van der Waals surface area contributed by atoms with E-state index in [-0.39, 0.29) is 11.8 Å². The molecule has 1 aromatic heterocycles. The lowest BCUT2D eigenvalue weighted by Crippen LogP contribution is -2.22. The summed E-state index contributed by atoms with van der Waals surface area (Å²) in [5.41, 5.74) is 2.54. The van der Waals surface area contributed by atoms with Gasteiger partial charge in [-0.1, -0.05) is 23.7 Å². The quantitative estimate of drug-likeness (QED) is 0.720. The number of hydrogen-bond donors (Lipinski definition) is 2. The van der Waals surface area contributed by atoms with Crippen molar-refractivity contribution >= 4 is 29.1 Å². The largest absolute Gasteiger partial charge is 0.348 e. The Kier molecular flexibility index (Phi) is 5.61. The number of nitrogens with zero attached hydrogens (tertiary/aromatic N) is 1. The summed E-state index contributed by atoms with van der Waals surface area (Å²) in [6, 6.07) is 17.4. The molecule has 0 unspecified atom stereocenters. The fourth-order valence-electron chi connectivity index (χ4n) is 2.35. The highest BCUT2D eigenvalue weighted by Crippen LogP contribution is 2.13. The van der Waals surface area contributed by atoms with Crippen LogP contribution < -0.4 is 10.6 Å². The number of pyridine rings is 1. The maximum absolute atomic E-state index is 12.2. The van der Waals surface area contributed by atoms with Crippen molar-refractivity contribution in [2.75, 3.05) is 5.32 Å². The van der Waals surface area contributed by atoms with Crippen molar-refractivity contribution in [1.82, 2.24) is 10.3 Å². The Morgan fingerprint density at radius 2 is 1.73 bits per heavy atom. The molecule has 0 fully saturated rings. The Bertz CT molecular complexity index is 912. The minimum absolute atomic E-state index is 0.188. The maximum Gasteiger partial charge on any atom is 0.257 e. The summed E-state index contributed by atoms with van der Waals surface area (Å²) < 4.78 is 0. The lowest BCUT2D eigenvalue weighted by molar-refractivity contribution is 0.0950. The average Bonchev–Trinajstić information content (AvgIpc) is 2.67. The van der Waals surface area contributed by atoms with Crippen molar-refractivity contribution in [3.8, 4) is 0 Å². The zero-order valence-electron chi connectivity index (χ0n) is 13.8. The van der Waals surface area contributed by atoms with Crippen LogP contribution >= 0.6 is 11.6 Å². The minimum Gasteiger partial charge on any atom is -0.348 e. The van der Waals surface area contributed by atoms with E-state index in [0.717, 1.165) is 5.56 Å². The van der Waals surface area contributed by atoms with Crippen molar-refractivity contribution in [1.29, 1.82) is 0 Å². The van der Waals surface area contributed by atoms with Crippen LogP contribution in [0.4, 0.5) is 5.69 Å². The second kappa shape index (κ2) is 8.27. The van der Waals surface area contributed by atoms with Gasteiger partial charge in [-0.15, -0.1) is 0 Å². The summed E-state index contributed by atoms with van der Waals surface area (Å²) in [7, 11) is 0. The van der Waals surface area contributed by atoms with Gasteiger partial charge in [0, 0.05) is 35.2 Å². The molecular weight excluding hydrogens is 350 g/mol. The molecule has 0 aliphatic heterocycles. The van der Waals surface area contributed by atoms with E-state index in [2.05, 4.69) is 15.6 Å². The normalized spacial score (nSPS) is 10.2. The Hall–Kier alpha value is -3.18. The van der Waals surface area contributed by atoms with E-state index in [1.807, 2.05) is 18.2 Å². The third kappa shape index (κ3) is 4.68. The number of halogens is 1. The van der Waals surface area contributed by atoms with Crippen molar-refractivity contribution < 1.29 is 9.59 Å². The molecule has 3 aromatic rings. The van der Waals surface area contributed by atoms with Crippen LogP contribution in [-0.2, 0) is 6.54 Å². The van der Waals surface area contributed by atoms with E-state index in [4.69, 9.17) is 11.6 Å². The summed E-state index contributed by atoms with van der Waals surface area (Å²) in [4.78, 5) is 28.2. The van der Waals surface area contributed by atoms with Crippen molar-refractivity contribution in [2.45, 2.75) is 6.54 Å². The lowest BCUT2D eigenvalue weighted by atomic mass is 10.1. The summed E-state index contributed by atoms with van der Waals surface area (Å²) in [6.07, 6.45) is 3.12. The van der Waals surface area contributed by atoms with Crippen LogP contribution in [0.5, 0.6) is 0 Å². The van der Waals surface area contributed by atoms with E-state index < -0.39 is 0 Å². The second-order valence-corrected chi connectivity index (χ2v) is 6.02. The average molecular weight is 366 g/mol. The molecule has 1 heterocycles. The van der Waals surface area contributed by atoms with E-state index in [9.17, 15) is 9.59 Å². The molecular formula is C20H16ClN3O2. The van der Waals surface area contributed by atoms with Crippen LogP contribution in [0.3, 0.4) is 0 Å². The number of benzene rings is 2. The summed E-state index contributed by atoms with van der Waals surface area (Å²) in [5.74, 6) is -0.424. The highest BCUT2D eigenvalue weighted by atomic mass is 35.5. The highest BCUT2D eigenvalue weighted by Gasteiger charge is 2.08. The van der Waals surface area contributed by atoms with Crippen LogP contribution in [0, 0.1) is 0 Å². The summed E-state index contributed by atoms with van der Waals surface area (Å²) >= 11 is 5.82. The molecule has 26 heavy (non-hydrogen) atoms. The zero-order chi connectivity index (χ0) is 18.4. The molecule has 3 rings (SSSR count). The topological polar surface area (TPSA) is 71.1 Å². The summed E-state index contributed by atoms with van der Waals surface area (Å²) in [5, 5.41) is 6.24. The molecule has 0 aliphatic carbocycles. The number of carbonyl (C=O) groups is 2. The molecule has 2 N–H and O–H groups in total. The Morgan fingerprint density at radius 3 is 2.46 bits per heavy atom. The van der Waals surface area contributed by atoms with E-state index in [1.54, 1.807) is 48.7 Å². The van der Waals surface area contributed by atoms with Gasteiger partial charge in [-0.2, -0.15) is 0 Å². The van der Waals surface area contributed by atoms with Gasteiger partial charge in [-0.05, 0) is 54.1 Å². The van der Waals surface area contributed by atoms with Gasteiger partial charge in [0.1, 0.15) is 0 Å². The number of hydrogen-bond acceptors (Lipinski definition) is 3. The number of anilines is 1. The summed E-state index contributed by atoms with van der Waals surface area (Å²) in [6.45, 7) is 0.345. The minimum atomic E-state index is -0.236. The smallest absolute Gasteiger partial charge is 0.257 e. The predicted octanol–water partition coefficient (Wildman–Crippen LogP) is 3.92. The fourth-order valence-corrected chi connectivity index (χ4v) is 2.47. The SMILES string of the molecule is O=C(NCc1cccc(NC(=O)c2cccnc2)c1)c1ccc(Cl)cc1. The van der Waals surface area contributed by atoms with Gasteiger partial charge < -0.3 is 10.6 Å². The Balaban J connectivity index is 1.61. The molecule has 6 heteroatoms. The number of aromatic nitrogens is 1. The third-order valence-electron chi connectivity index (χ3n) is 3.67. The van der Waals surface area contributed by atoms with Gasteiger partial charge in [0.05, 0.1) is 5.56 Å². The van der Waals surface area contributed by atoms with Crippen LogP contribution in [0.1, 0.15) is 26.3 Å². The van der Waals surface area contributed by atoms with Gasteiger partial charge >= 0.3 is 0 Å². The molecule has 0 aliphatic rings. The van der Waals surface area contributed by atoms with Crippen LogP contribution in [0.2, 0.25) is 5.02 Å².